The van der Waals surface area contributed by atoms with Crippen molar-refractivity contribution in [2.45, 2.75) is 0 Å². The molecule has 0 radical (unpaired) electrons. The van der Waals surface area contributed by atoms with E-state index in [-0.39, 0.29) is 16.6 Å². The first kappa shape index (κ1) is 24.3. The largest absolute Gasteiger partial charge is 0.451 e. The van der Waals surface area contributed by atoms with Crippen LogP contribution in [-0.2, 0) is 0 Å². The maximum absolute atomic E-state index is 12.7. The Kier molecular flexibility index (Phi) is 7.27. The number of hydrogen-bond acceptors (Lipinski definition) is 6. The first-order valence-corrected chi connectivity index (χ1v) is 11.6. The van der Waals surface area contributed by atoms with Gasteiger partial charge in [0.1, 0.15) is 5.76 Å². The molecule has 1 N–H and O–H groups in total. The summed E-state index contributed by atoms with van der Waals surface area (Å²) in [4.78, 5) is 27.0. The predicted octanol–water partition coefficient (Wildman–Crippen LogP) is 5.65. The van der Waals surface area contributed by atoms with Gasteiger partial charge in [0.15, 0.2) is 10.9 Å². The molecule has 0 aliphatic carbocycles. The van der Waals surface area contributed by atoms with Crippen LogP contribution < -0.4 is 10.2 Å². The van der Waals surface area contributed by atoms with Crippen molar-refractivity contribution in [3.8, 4) is 11.3 Å². The van der Waals surface area contributed by atoms with Crippen LogP contribution in [0.5, 0.6) is 0 Å². The Hall–Kier alpha value is -2.85. The van der Waals surface area contributed by atoms with Crippen molar-refractivity contribution in [3.05, 3.63) is 79.5 Å². The standard InChI is InChI=1S/C22H17Cl3N4O4S/c23-13-1-3-16(24)15(11-13)19-5-6-20(33-19)21(30)26-22(34)28-9-7-27(8-10-28)18-4-2-14(29(31)32)12-17(18)25/h1-6,11-12H,7-10H2,(H,26,30,34). The third-order valence-electron chi connectivity index (χ3n) is 5.29. The molecule has 12 heteroatoms. The SMILES string of the molecule is O=C(NC(=S)N1CCN(c2ccc([N+](=O)[O-])cc2Cl)CC1)c1ccc(-c2cc(Cl)ccc2Cl)o1. The molecule has 0 saturated carbocycles. The highest BCUT2D eigenvalue weighted by Crippen LogP contribution is 2.32. The van der Waals surface area contributed by atoms with Gasteiger partial charge >= 0.3 is 0 Å². The van der Waals surface area contributed by atoms with Gasteiger partial charge in [0.25, 0.3) is 11.6 Å². The number of thiocarbonyl (C=S) groups is 1. The summed E-state index contributed by atoms with van der Waals surface area (Å²) in [7, 11) is 0. The third kappa shape index (κ3) is 5.28. The lowest BCUT2D eigenvalue weighted by Crippen LogP contribution is -2.52. The first-order chi connectivity index (χ1) is 16.2. The molecule has 0 atom stereocenters. The van der Waals surface area contributed by atoms with Gasteiger partial charge in [0.05, 0.1) is 20.7 Å². The van der Waals surface area contributed by atoms with Crippen LogP contribution in [-0.4, -0.2) is 47.0 Å². The number of nitrogens with one attached hydrogen (secondary N) is 1. The molecular weight excluding hydrogens is 523 g/mol. The van der Waals surface area contributed by atoms with Gasteiger partial charge in [-0.05, 0) is 48.6 Å². The van der Waals surface area contributed by atoms with E-state index in [2.05, 4.69) is 5.32 Å². The molecule has 0 bridgehead atoms. The van der Waals surface area contributed by atoms with Crippen molar-refractivity contribution >= 4 is 69.4 Å². The van der Waals surface area contributed by atoms with Gasteiger partial charge < -0.3 is 14.2 Å². The summed E-state index contributed by atoms with van der Waals surface area (Å²) in [5, 5.41) is 15.1. The second-order valence-corrected chi connectivity index (χ2v) is 9.05. The fraction of sp³-hybridized carbons (Fsp3) is 0.182. The van der Waals surface area contributed by atoms with E-state index < -0.39 is 10.8 Å². The number of anilines is 1. The van der Waals surface area contributed by atoms with E-state index in [9.17, 15) is 14.9 Å². The van der Waals surface area contributed by atoms with Crippen LogP contribution in [0, 0.1) is 10.1 Å². The molecule has 3 aromatic rings. The number of rotatable bonds is 4. The maximum Gasteiger partial charge on any atom is 0.293 e. The Morgan fingerprint density at radius 1 is 1.00 bits per heavy atom. The number of nitro groups is 1. The molecular formula is C22H17Cl3N4O4S. The predicted molar refractivity (Wildman–Crippen MR) is 136 cm³/mol. The molecule has 1 aliphatic heterocycles. The number of carbonyl (C=O) groups is 1. The zero-order chi connectivity index (χ0) is 24.4. The summed E-state index contributed by atoms with van der Waals surface area (Å²) in [5.41, 5.74) is 1.23. The number of non-ortho nitro benzene ring substituents is 1. The molecule has 34 heavy (non-hydrogen) atoms. The Morgan fingerprint density at radius 2 is 1.74 bits per heavy atom. The second-order valence-electron chi connectivity index (χ2n) is 7.41. The van der Waals surface area contributed by atoms with Gasteiger partial charge in [-0.2, -0.15) is 0 Å². The second kappa shape index (κ2) is 10.2. The number of furan rings is 1. The Bertz CT molecular complexity index is 1270. The van der Waals surface area contributed by atoms with Crippen molar-refractivity contribution in [1.82, 2.24) is 10.2 Å². The third-order valence-corrected chi connectivity index (χ3v) is 6.52. The van der Waals surface area contributed by atoms with Gasteiger partial charge in [-0.25, -0.2) is 0 Å². The normalized spacial score (nSPS) is 13.6. The lowest BCUT2D eigenvalue weighted by molar-refractivity contribution is -0.384. The number of nitro benzene ring substituents is 1. The van der Waals surface area contributed by atoms with Crippen LogP contribution in [0.15, 0.2) is 52.9 Å². The fourth-order valence-electron chi connectivity index (χ4n) is 3.55. The van der Waals surface area contributed by atoms with E-state index in [0.29, 0.717) is 58.3 Å². The van der Waals surface area contributed by atoms with E-state index in [4.69, 9.17) is 51.4 Å². The Balaban J connectivity index is 1.35. The minimum Gasteiger partial charge on any atom is -0.451 e. The summed E-state index contributed by atoms with van der Waals surface area (Å²) >= 11 is 23.9. The zero-order valence-corrected chi connectivity index (χ0v) is 20.5. The van der Waals surface area contributed by atoms with E-state index in [0.717, 1.165) is 0 Å². The zero-order valence-electron chi connectivity index (χ0n) is 17.5. The minimum atomic E-state index is -0.486. The van der Waals surface area contributed by atoms with Crippen molar-refractivity contribution in [2.24, 2.45) is 0 Å². The van der Waals surface area contributed by atoms with Gasteiger partial charge in [0.2, 0.25) is 0 Å². The van der Waals surface area contributed by atoms with Crippen molar-refractivity contribution < 1.29 is 14.1 Å². The van der Waals surface area contributed by atoms with Gasteiger partial charge in [0, 0.05) is 48.9 Å². The average molecular weight is 540 g/mol. The number of carbonyl (C=O) groups excluding carboxylic acids is 1. The molecule has 4 rings (SSSR count). The quantitative estimate of drug-likeness (QED) is 0.260. The molecule has 1 amide bonds. The molecule has 1 aliphatic rings. The highest BCUT2D eigenvalue weighted by molar-refractivity contribution is 7.80. The summed E-state index contributed by atoms with van der Waals surface area (Å²) < 4.78 is 5.67. The molecule has 0 spiro atoms. The van der Waals surface area contributed by atoms with E-state index in [1.165, 1.54) is 12.1 Å². The molecule has 176 valence electrons. The maximum atomic E-state index is 12.7. The van der Waals surface area contributed by atoms with E-state index in [1.54, 1.807) is 36.4 Å². The molecule has 2 heterocycles. The van der Waals surface area contributed by atoms with Crippen molar-refractivity contribution in [2.75, 3.05) is 31.1 Å². The molecule has 8 nitrogen and oxygen atoms in total. The smallest absolute Gasteiger partial charge is 0.293 e. The van der Waals surface area contributed by atoms with E-state index in [1.807, 2.05) is 9.80 Å². The van der Waals surface area contributed by atoms with Crippen LogP contribution in [0.4, 0.5) is 11.4 Å². The summed E-state index contributed by atoms with van der Waals surface area (Å²) in [6.45, 7) is 2.22. The highest BCUT2D eigenvalue weighted by atomic mass is 35.5. The average Bonchev–Trinajstić information content (AvgIpc) is 3.31. The van der Waals surface area contributed by atoms with Crippen molar-refractivity contribution in [3.63, 3.8) is 0 Å². The number of amides is 1. The molecule has 1 fully saturated rings. The fourth-order valence-corrected chi connectivity index (χ4v) is 4.50. The van der Waals surface area contributed by atoms with Crippen LogP contribution in [0.25, 0.3) is 11.3 Å². The number of hydrogen-bond donors (Lipinski definition) is 1. The lowest BCUT2D eigenvalue weighted by atomic mass is 10.2. The lowest BCUT2D eigenvalue weighted by Gasteiger charge is -2.37. The van der Waals surface area contributed by atoms with Crippen LogP contribution >= 0.6 is 47.0 Å². The summed E-state index contributed by atoms with van der Waals surface area (Å²) in [6, 6.07) is 12.6. The Labute approximate surface area is 215 Å². The van der Waals surface area contributed by atoms with Gasteiger partial charge in [-0.15, -0.1) is 0 Å². The van der Waals surface area contributed by atoms with Gasteiger partial charge in [-0.1, -0.05) is 34.8 Å². The minimum absolute atomic E-state index is 0.0602. The number of nitrogens with zero attached hydrogens (tertiary/aromatic N) is 3. The number of halogens is 3. The highest BCUT2D eigenvalue weighted by Gasteiger charge is 2.24. The molecule has 1 aromatic heterocycles. The molecule has 2 aromatic carbocycles. The van der Waals surface area contributed by atoms with Crippen LogP contribution in [0.1, 0.15) is 10.6 Å². The molecule has 1 saturated heterocycles. The topological polar surface area (TPSA) is 91.9 Å². The van der Waals surface area contributed by atoms with Crippen LogP contribution in [0.2, 0.25) is 15.1 Å². The monoisotopic (exact) mass is 538 g/mol. The summed E-state index contributed by atoms with van der Waals surface area (Å²) in [6.07, 6.45) is 0. The van der Waals surface area contributed by atoms with E-state index >= 15 is 0 Å². The Morgan fingerprint density at radius 3 is 2.41 bits per heavy atom. The number of benzene rings is 2. The number of piperazine rings is 1. The molecule has 0 unspecified atom stereocenters. The first-order valence-electron chi connectivity index (χ1n) is 10.1. The van der Waals surface area contributed by atoms with Crippen molar-refractivity contribution in [1.29, 1.82) is 0 Å². The van der Waals surface area contributed by atoms with Crippen LogP contribution in [0.3, 0.4) is 0 Å². The van der Waals surface area contributed by atoms with Gasteiger partial charge in [-0.3, -0.25) is 20.2 Å². The summed E-state index contributed by atoms with van der Waals surface area (Å²) in [5.74, 6) is 0.0251.